The number of imidazole rings is 1. The first-order valence-electron chi connectivity index (χ1n) is 3.44. The molecule has 0 amide bonds. The maximum absolute atomic E-state index is 4.14. The van der Waals surface area contributed by atoms with E-state index in [1.807, 2.05) is 30.8 Å². The van der Waals surface area contributed by atoms with E-state index >= 15 is 0 Å². The average Bonchev–Trinajstić information content (AvgIpc) is 2.33. The van der Waals surface area contributed by atoms with Crippen molar-refractivity contribution >= 4 is 11.2 Å². The van der Waals surface area contributed by atoms with E-state index in [0.29, 0.717) is 0 Å². The third-order valence-electron chi connectivity index (χ3n) is 1.65. The van der Waals surface area contributed by atoms with Gasteiger partial charge in [0.15, 0.2) is 12.0 Å². The number of aromatic nitrogens is 3. The standard InChI is InChI=1S/C8H8N3/c1-6-3-7-8(9-4-6)10-5-11(7)2/h3-4H,1-2H3. The van der Waals surface area contributed by atoms with Crippen LogP contribution in [0.3, 0.4) is 0 Å². The van der Waals surface area contributed by atoms with Crippen LogP contribution in [0.1, 0.15) is 5.56 Å². The van der Waals surface area contributed by atoms with Gasteiger partial charge >= 0.3 is 0 Å². The molecular weight excluding hydrogens is 138 g/mol. The van der Waals surface area contributed by atoms with Gasteiger partial charge in [-0.25, -0.2) is 9.97 Å². The molecule has 0 spiro atoms. The lowest BCUT2D eigenvalue weighted by Crippen LogP contribution is -1.85. The van der Waals surface area contributed by atoms with E-state index in [-0.39, 0.29) is 0 Å². The van der Waals surface area contributed by atoms with Gasteiger partial charge in [0.1, 0.15) is 0 Å². The van der Waals surface area contributed by atoms with E-state index in [2.05, 4.69) is 16.3 Å². The second kappa shape index (κ2) is 2.05. The Morgan fingerprint density at radius 3 is 3.18 bits per heavy atom. The van der Waals surface area contributed by atoms with Crippen molar-refractivity contribution < 1.29 is 0 Å². The van der Waals surface area contributed by atoms with Gasteiger partial charge in [0.2, 0.25) is 0 Å². The largest absolute Gasteiger partial charge is 0.323 e. The summed E-state index contributed by atoms with van der Waals surface area (Å²) in [6.45, 7) is 2.01. The first-order valence-corrected chi connectivity index (χ1v) is 3.44. The molecule has 0 N–H and O–H groups in total. The zero-order chi connectivity index (χ0) is 7.84. The molecule has 0 bridgehead atoms. The van der Waals surface area contributed by atoms with Crippen LogP contribution < -0.4 is 0 Å². The number of pyridine rings is 1. The molecule has 2 aromatic heterocycles. The van der Waals surface area contributed by atoms with Crippen LogP contribution in [-0.4, -0.2) is 14.5 Å². The number of hydrogen-bond acceptors (Lipinski definition) is 2. The lowest BCUT2D eigenvalue weighted by Gasteiger charge is -1.93. The van der Waals surface area contributed by atoms with E-state index in [1.54, 1.807) is 0 Å². The topological polar surface area (TPSA) is 30.7 Å². The Morgan fingerprint density at radius 2 is 2.36 bits per heavy atom. The minimum Gasteiger partial charge on any atom is -0.323 e. The zero-order valence-electron chi connectivity index (χ0n) is 6.50. The highest BCUT2D eigenvalue weighted by atomic mass is 15.0. The maximum Gasteiger partial charge on any atom is 0.179 e. The SMILES string of the molecule is Cc1cnc2n[c]n(C)c2c1. The summed E-state index contributed by atoms with van der Waals surface area (Å²) in [5.74, 6) is 0. The molecule has 0 saturated heterocycles. The summed E-state index contributed by atoms with van der Waals surface area (Å²) in [7, 11) is 1.91. The molecule has 55 valence electrons. The van der Waals surface area contributed by atoms with Gasteiger partial charge in [-0.2, -0.15) is 0 Å². The second-order valence-corrected chi connectivity index (χ2v) is 2.63. The van der Waals surface area contributed by atoms with Crippen LogP contribution in [0.4, 0.5) is 0 Å². The number of hydrogen-bond donors (Lipinski definition) is 0. The van der Waals surface area contributed by atoms with Crippen molar-refractivity contribution in [3.63, 3.8) is 0 Å². The van der Waals surface area contributed by atoms with Crippen LogP contribution in [0.2, 0.25) is 0 Å². The van der Waals surface area contributed by atoms with Crippen molar-refractivity contribution in [3.05, 3.63) is 24.2 Å². The van der Waals surface area contributed by atoms with E-state index in [1.165, 1.54) is 0 Å². The molecule has 0 aliphatic heterocycles. The number of nitrogens with zero attached hydrogens (tertiary/aromatic N) is 3. The Morgan fingerprint density at radius 1 is 1.55 bits per heavy atom. The molecular formula is C8H8N3. The first kappa shape index (κ1) is 6.34. The van der Waals surface area contributed by atoms with Gasteiger partial charge in [0, 0.05) is 13.2 Å². The van der Waals surface area contributed by atoms with Gasteiger partial charge in [-0.15, -0.1) is 0 Å². The highest BCUT2D eigenvalue weighted by Gasteiger charge is 1.99. The third-order valence-corrected chi connectivity index (χ3v) is 1.65. The molecule has 0 aromatic carbocycles. The molecule has 11 heavy (non-hydrogen) atoms. The van der Waals surface area contributed by atoms with Crippen LogP contribution in [-0.2, 0) is 7.05 Å². The predicted molar refractivity (Wildman–Crippen MR) is 42.1 cm³/mol. The van der Waals surface area contributed by atoms with Gasteiger partial charge in [-0.1, -0.05) is 0 Å². The van der Waals surface area contributed by atoms with Crippen LogP contribution in [0.25, 0.3) is 11.2 Å². The molecule has 3 heteroatoms. The van der Waals surface area contributed by atoms with E-state index < -0.39 is 0 Å². The number of aryl methyl sites for hydroxylation is 2. The Kier molecular flexibility index (Phi) is 1.18. The normalized spacial score (nSPS) is 10.7. The molecule has 1 radical (unpaired) electrons. The Balaban J connectivity index is 2.87. The van der Waals surface area contributed by atoms with Crippen LogP contribution >= 0.6 is 0 Å². The fraction of sp³-hybridized carbons (Fsp3) is 0.250. The summed E-state index contributed by atoms with van der Waals surface area (Å²) >= 11 is 0. The van der Waals surface area contributed by atoms with Crippen molar-refractivity contribution in [1.82, 2.24) is 14.5 Å². The van der Waals surface area contributed by atoms with Gasteiger partial charge < -0.3 is 4.57 Å². The Bertz CT molecular complexity index is 389. The summed E-state index contributed by atoms with van der Waals surface area (Å²) in [4.78, 5) is 8.12. The van der Waals surface area contributed by atoms with Crippen molar-refractivity contribution in [1.29, 1.82) is 0 Å². The minimum atomic E-state index is 0.762. The minimum absolute atomic E-state index is 0.762. The molecule has 0 fully saturated rings. The lowest BCUT2D eigenvalue weighted by molar-refractivity contribution is 0.935. The molecule has 2 heterocycles. The van der Waals surface area contributed by atoms with Crippen LogP contribution in [0.5, 0.6) is 0 Å². The summed E-state index contributed by atoms with van der Waals surface area (Å²) < 4.78 is 1.84. The molecule has 2 rings (SSSR count). The molecule has 0 aliphatic rings. The molecule has 3 nitrogen and oxygen atoms in total. The zero-order valence-corrected chi connectivity index (χ0v) is 6.50. The van der Waals surface area contributed by atoms with E-state index in [4.69, 9.17) is 0 Å². The number of rotatable bonds is 0. The molecule has 2 aromatic rings. The lowest BCUT2D eigenvalue weighted by atomic mass is 10.3. The maximum atomic E-state index is 4.14. The van der Waals surface area contributed by atoms with Crippen molar-refractivity contribution in [2.75, 3.05) is 0 Å². The average molecular weight is 146 g/mol. The highest BCUT2D eigenvalue weighted by molar-refractivity contribution is 5.70. The smallest absolute Gasteiger partial charge is 0.179 e. The summed E-state index contributed by atoms with van der Waals surface area (Å²) in [6.07, 6.45) is 4.62. The first-order chi connectivity index (χ1) is 5.27. The summed E-state index contributed by atoms with van der Waals surface area (Å²) in [5.41, 5.74) is 2.94. The molecule has 0 aliphatic carbocycles. The fourth-order valence-electron chi connectivity index (χ4n) is 1.06. The van der Waals surface area contributed by atoms with Crippen LogP contribution in [0.15, 0.2) is 12.3 Å². The second-order valence-electron chi connectivity index (χ2n) is 2.63. The van der Waals surface area contributed by atoms with E-state index in [9.17, 15) is 0 Å². The van der Waals surface area contributed by atoms with Gasteiger partial charge in [-0.05, 0) is 18.6 Å². The Labute approximate surface area is 64.7 Å². The van der Waals surface area contributed by atoms with Gasteiger partial charge in [-0.3, -0.25) is 0 Å². The van der Waals surface area contributed by atoms with Gasteiger partial charge in [0.05, 0.1) is 5.52 Å². The number of fused-ring (bicyclic) bond motifs is 1. The van der Waals surface area contributed by atoms with Gasteiger partial charge in [0.25, 0.3) is 0 Å². The highest BCUT2D eigenvalue weighted by Crippen LogP contribution is 2.08. The summed E-state index contributed by atoms with van der Waals surface area (Å²) in [5, 5.41) is 0. The van der Waals surface area contributed by atoms with Crippen molar-refractivity contribution in [2.45, 2.75) is 6.92 Å². The monoisotopic (exact) mass is 146 g/mol. The van der Waals surface area contributed by atoms with Crippen LogP contribution in [0, 0.1) is 13.3 Å². The molecule has 0 atom stereocenters. The summed E-state index contributed by atoms with van der Waals surface area (Å²) in [6, 6.07) is 2.05. The molecule has 0 unspecified atom stereocenters. The Hall–Kier alpha value is -1.38. The van der Waals surface area contributed by atoms with Crippen molar-refractivity contribution in [2.24, 2.45) is 7.05 Å². The quantitative estimate of drug-likeness (QED) is 0.556. The third kappa shape index (κ3) is 0.888. The van der Waals surface area contributed by atoms with E-state index in [0.717, 1.165) is 16.7 Å². The predicted octanol–water partition coefficient (Wildman–Crippen LogP) is 1.08. The fourth-order valence-corrected chi connectivity index (χ4v) is 1.06. The van der Waals surface area contributed by atoms with Crippen molar-refractivity contribution in [3.8, 4) is 0 Å². The molecule has 0 saturated carbocycles.